The van der Waals surface area contributed by atoms with Gasteiger partial charge in [0.25, 0.3) is 0 Å². The van der Waals surface area contributed by atoms with Crippen LogP contribution in [-0.2, 0) is 6.42 Å². The van der Waals surface area contributed by atoms with Crippen molar-refractivity contribution >= 4 is 15.9 Å². The van der Waals surface area contributed by atoms with Gasteiger partial charge in [0.05, 0.1) is 16.8 Å². The van der Waals surface area contributed by atoms with Crippen LogP contribution in [0.2, 0.25) is 0 Å². The third-order valence-electron chi connectivity index (χ3n) is 2.83. The second-order valence-electron chi connectivity index (χ2n) is 3.78. The van der Waals surface area contributed by atoms with Crippen LogP contribution in [0.4, 0.5) is 0 Å². The predicted octanol–water partition coefficient (Wildman–Crippen LogP) is 3.31. The number of rotatable bonds is 4. The second-order valence-corrected chi connectivity index (χ2v) is 4.64. The molecule has 0 amide bonds. The first kappa shape index (κ1) is 12.3. The molecule has 4 heteroatoms. The van der Waals surface area contributed by atoms with Crippen molar-refractivity contribution in [1.29, 1.82) is 0 Å². The number of nitrogens with zero attached hydrogens (tertiary/aromatic N) is 1. The Labute approximate surface area is 109 Å². The van der Waals surface area contributed by atoms with Crippen LogP contribution < -0.4 is 5.32 Å². The van der Waals surface area contributed by atoms with Crippen molar-refractivity contribution < 1.29 is 4.42 Å². The molecule has 2 rings (SSSR count). The molecule has 0 aliphatic rings. The largest absolute Gasteiger partial charge is 0.466 e. The Morgan fingerprint density at radius 1 is 1.47 bits per heavy atom. The van der Waals surface area contributed by atoms with Crippen LogP contribution in [-0.4, -0.2) is 12.0 Å². The summed E-state index contributed by atoms with van der Waals surface area (Å²) in [6.07, 6.45) is 6.38. The van der Waals surface area contributed by atoms with E-state index in [0.717, 1.165) is 16.7 Å². The number of nitrogens with one attached hydrogen (secondary N) is 1. The number of hydrogen-bond donors (Lipinski definition) is 1. The van der Waals surface area contributed by atoms with Gasteiger partial charge >= 0.3 is 0 Å². The van der Waals surface area contributed by atoms with E-state index in [1.165, 1.54) is 11.1 Å². The lowest BCUT2D eigenvalue weighted by Gasteiger charge is -2.17. The van der Waals surface area contributed by atoms with E-state index in [-0.39, 0.29) is 6.04 Å². The highest BCUT2D eigenvalue weighted by Gasteiger charge is 2.20. The quantitative estimate of drug-likeness (QED) is 0.940. The monoisotopic (exact) mass is 294 g/mol. The van der Waals surface area contributed by atoms with Gasteiger partial charge in [-0.2, -0.15) is 0 Å². The van der Waals surface area contributed by atoms with Gasteiger partial charge in [-0.25, -0.2) is 0 Å². The summed E-state index contributed by atoms with van der Waals surface area (Å²) in [5, 5.41) is 3.28. The topological polar surface area (TPSA) is 38.1 Å². The maximum Gasteiger partial charge on any atom is 0.139 e. The Morgan fingerprint density at radius 3 is 2.88 bits per heavy atom. The van der Waals surface area contributed by atoms with Gasteiger partial charge in [-0.15, -0.1) is 0 Å². The van der Waals surface area contributed by atoms with Crippen LogP contribution in [0.1, 0.15) is 29.9 Å². The summed E-state index contributed by atoms with van der Waals surface area (Å²) < 4.78 is 6.52. The molecule has 0 aliphatic heterocycles. The fraction of sp³-hybridized carbons (Fsp3) is 0.308. The molecular weight excluding hydrogens is 280 g/mol. The molecule has 0 spiro atoms. The molecule has 1 unspecified atom stereocenters. The molecule has 0 bridgehead atoms. The minimum absolute atomic E-state index is 0.0531. The van der Waals surface area contributed by atoms with Gasteiger partial charge in [0.15, 0.2) is 0 Å². The first-order valence-corrected chi connectivity index (χ1v) is 6.40. The maximum atomic E-state index is 5.54. The Morgan fingerprint density at radius 2 is 2.29 bits per heavy atom. The van der Waals surface area contributed by atoms with Gasteiger partial charge in [-0.3, -0.25) is 4.98 Å². The third kappa shape index (κ3) is 2.42. The van der Waals surface area contributed by atoms with E-state index < -0.39 is 0 Å². The molecule has 1 atom stereocenters. The van der Waals surface area contributed by atoms with Crippen LogP contribution in [0.25, 0.3) is 0 Å². The molecule has 0 saturated heterocycles. The summed E-state index contributed by atoms with van der Waals surface area (Å²) in [5.74, 6) is 0.897. The molecule has 1 N–H and O–H groups in total. The van der Waals surface area contributed by atoms with E-state index in [1.54, 1.807) is 6.26 Å². The van der Waals surface area contributed by atoms with Crippen molar-refractivity contribution in [3.05, 3.63) is 52.1 Å². The Kier molecular flexibility index (Phi) is 3.97. The van der Waals surface area contributed by atoms with Gasteiger partial charge in [-0.1, -0.05) is 6.92 Å². The van der Waals surface area contributed by atoms with Crippen molar-refractivity contribution in [2.75, 3.05) is 7.05 Å². The standard InChI is InChI=1S/C13H15BrN2O/c1-3-9-8-16-6-4-10(9)12(15-2)13-11(14)5-7-17-13/h4-8,12,15H,3H2,1-2H3. The van der Waals surface area contributed by atoms with Crippen LogP contribution in [0.3, 0.4) is 0 Å². The number of aryl methyl sites for hydroxylation is 1. The first-order valence-electron chi connectivity index (χ1n) is 5.60. The van der Waals surface area contributed by atoms with E-state index in [9.17, 15) is 0 Å². The first-order chi connectivity index (χ1) is 8.27. The molecule has 0 radical (unpaired) electrons. The summed E-state index contributed by atoms with van der Waals surface area (Å²) in [6.45, 7) is 2.13. The smallest absolute Gasteiger partial charge is 0.139 e. The van der Waals surface area contributed by atoms with Crippen LogP contribution in [0.15, 0.2) is 39.7 Å². The van der Waals surface area contributed by atoms with E-state index in [2.05, 4.69) is 33.2 Å². The molecule has 90 valence electrons. The summed E-state index contributed by atoms with van der Waals surface area (Å²) in [7, 11) is 1.93. The molecule has 2 aromatic heterocycles. The Bertz CT molecular complexity index is 496. The Balaban J connectivity index is 2.46. The molecule has 3 nitrogen and oxygen atoms in total. The van der Waals surface area contributed by atoms with Crippen molar-refractivity contribution in [2.45, 2.75) is 19.4 Å². The third-order valence-corrected chi connectivity index (χ3v) is 3.48. The summed E-state index contributed by atoms with van der Waals surface area (Å²) >= 11 is 3.50. The number of pyridine rings is 1. The number of furan rings is 1. The van der Waals surface area contributed by atoms with Crippen LogP contribution >= 0.6 is 15.9 Å². The number of halogens is 1. The van der Waals surface area contributed by atoms with E-state index in [1.807, 2.05) is 31.6 Å². The number of hydrogen-bond acceptors (Lipinski definition) is 3. The molecular formula is C13H15BrN2O. The van der Waals surface area contributed by atoms with E-state index >= 15 is 0 Å². The predicted molar refractivity (Wildman–Crippen MR) is 70.9 cm³/mol. The summed E-state index contributed by atoms with van der Waals surface area (Å²) in [5.41, 5.74) is 2.44. The molecule has 0 saturated carbocycles. The van der Waals surface area contributed by atoms with Crippen molar-refractivity contribution in [1.82, 2.24) is 10.3 Å². The zero-order chi connectivity index (χ0) is 12.3. The number of aromatic nitrogens is 1. The van der Waals surface area contributed by atoms with Gasteiger partial charge in [0.1, 0.15) is 5.76 Å². The molecule has 0 aliphatic carbocycles. The Hall–Kier alpha value is -1.13. The van der Waals surface area contributed by atoms with Gasteiger partial charge in [-0.05, 0) is 52.7 Å². The van der Waals surface area contributed by atoms with E-state index in [0.29, 0.717) is 0 Å². The average Bonchev–Trinajstić information content (AvgIpc) is 2.78. The van der Waals surface area contributed by atoms with Crippen LogP contribution in [0, 0.1) is 0 Å². The SMILES string of the molecule is CCc1cnccc1C(NC)c1occc1Br. The second kappa shape index (κ2) is 5.47. The highest BCUT2D eigenvalue weighted by molar-refractivity contribution is 9.10. The molecule has 2 heterocycles. The van der Waals surface area contributed by atoms with Gasteiger partial charge in [0, 0.05) is 12.4 Å². The van der Waals surface area contributed by atoms with E-state index in [4.69, 9.17) is 4.42 Å². The van der Waals surface area contributed by atoms with Crippen molar-refractivity contribution in [3.8, 4) is 0 Å². The fourth-order valence-corrected chi connectivity index (χ4v) is 2.38. The lowest BCUT2D eigenvalue weighted by molar-refractivity contribution is 0.459. The average molecular weight is 295 g/mol. The lowest BCUT2D eigenvalue weighted by Crippen LogP contribution is -2.19. The molecule has 0 aromatic carbocycles. The maximum absolute atomic E-state index is 5.54. The zero-order valence-electron chi connectivity index (χ0n) is 9.90. The van der Waals surface area contributed by atoms with Gasteiger partial charge in [0.2, 0.25) is 0 Å². The zero-order valence-corrected chi connectivity index (χ0v) is 11.5. The fourth-order valence-electron chi connectivity index (χ4n) is 1.95. The summed E-state index contributed by atoms with van der Waals surface area (Å²) in [6, 6.07) is 4.00. The van der Waals surface area contributed by atoms with Gasteiger partial charge < -0.3 is 9.73 Å². The summed E-state index contributed by atoms with van der Waals surface area (Å²) in [4.78, 5) is 4.17. The van der Waals surface area contributed by atoms with Crippen LogP contribution in [0.5, 0.6) is 0 Å². The highest BCUT2D eigenvalue weighted by Crippen LogP contribution is 2.30. The van der Waals surface area contributed by atoms with Crippen molar-refractivity contribution in [2.24, 2.45) is 0 Å². The highest BCUT2D eigenvalue weighted by atomic mass is 79.9. The van der Waals surface area contributed by atoms with Crippen molar-refractivity contribution in [3.63, 3.8) is 0 Å². The minimum atomic E-state index is 0.0531. The lowest BCUT2D eigenvalue weighted by atomic mass is 9.99. The molecule has 2 aromatic rings. The molecule has 17 heavy (non-hydrogen) atoms. The molecule has 0 fully saturated rings. The minimum Gasteiger partial charge on any atom is -0.466 e. The normalized spacial score (nSPS) is 12.6.